The Hall–Kier alpha value is -2.99. The van der Waals surface area contributed by atoms with E-state index in [2.05, 4.69) is 19.9 Å². The average Bonchev–Trinajstić information content (AvgIpc) is 3.49. The van der Waals surface area contributed by atoms with Gasteiger partial charge >= 0.3 is 12.0 Å². The van der Waals surface area contributed by atoms with Crippen LogP contribution in [0.15, 0.2) is 12.1 Å². The summed E-state index contributed by atoms with van der Waals surface area (Å²) in [5.41, 5.74) is 1.04. The Labute approximate surface area is 212 Å². The molecule has 2 aliphatic heterocycles. The first kappa shape index (κ1) is 26.1. The van der Waals surface area contributed by atoms with Crippen molar-refractivity contribution in [2.75, 3.05) is 51.9 Å². The summed E-state index contributed by atoms with van der Waals surface area (Å²) in [5, 5.41) is 5.60. The van der Waals surface area contributed by atoms with E-state index in [1.807, 2.05) is 0 Å². The number of hydrogen-bond donors (Lipinski definition) is 2. The lowest BCUT2D eigenvalue weighted by Crippen LogP contribution is -2.37. The number of ether oxygens (including phenoxy) is 3. The zero-order chi connectivity index (χ0) is 25.5. The second-order valence-electron chi connectivity index (χ2n) is 8.77. The lowest BCUT2D eigenvalue weighted by atomic mass is 9.93. The highest BCUT2D eigenvalue weighted by atomic mass is 32.1. The molecule has 0 saturated carbocycles. The Morgan fingerprint density at radius 3 is 2.86 bits per heavy atom. The topological polar surface area (TPSA) is 102 Å². The highest BCUT2D eigenvalue weighted by Gasteiger charge is 2.26. The van der Waals surface area contributed by atoms with E-state index in [0.29, 0.717) is 37.8 Å². The van der Waals surface area contributed by atoms with Crippen LogP contribution in [-0.2, 0) is 17.8 Å². The summed E-state index contributed by atoms with van der Waals surface area (Å²) in [5.74, 6) is -0.124. The summed E-state index contributed by atoms with van der Waals surface area (Å²) in [6.07, 6.45) is 3.42. The molecule has 2 aliphatic rings. The van der Waals surface area contributed by atoms with Gasteiger partial charge in [0.2, 0.25) is 5.88 Å². The average molecular weight is 525 g/mol. The molecule has 1 fully saturated rings. The molecule has 36 heavy (non-hydrogen) atoms. The normalized spacial score (nSPS) is 15.8. The molecule has 4 rings (SSSR count). The van der Waals surface area contributed by atoms with Gasteiger partial charge < -0.3 is 24.4 Å². The summed E-state index contributed by atoms with van der Waals surface area (Å²) in [4.78, 5) is 27.0. The Balaban J connectivity index is 1.31. The Morgan fingerprint density at radius 1 is 1.31 bits per heavy atom. The number of aromatic nitrogens is 1. The summed E-state index contributed by atoms with van der Waals surface area (Å²) >= 11 is 0.872. The minimum atomic E-state index is -0.730. The fourth-order valence-electron chi connectivity index (χ4n) is 4.39. The van der Waals surface area contributed by atoms with E-state index in [9.17, 15) is 18.4 Å². The van der Waals surface area contributed by atoms with Crippen molar-refractivity contribution in [2.45, 2.75) is 32.3 Å². The number of anilines is 1. The van der Waals surface area contributed by atoms with Crippen LogP contribution in [0, 0.1) is 11.7 Å². The van der Waals surface area contributed by atoms with Gasteiger partial charge in [-0.3, -0.25) is 5.32 Å². The molecule has 0 bridgehead atoms. The van der Waals surface area contributed by atoms with Crippen molar-refractivity contribution in [3.05, 3.63) is 34.6 Å². The summed E-state index contributed by atoms with van der Waals surface area (Å²) < 4.78 is 47.0. The first-order valence-corrected chi connectivity index (χ1v) is 12.7. The number of hydrogen-bond acceptors (Lipinski definition) is 8. The number of nitrogens with one attached hydrogen (secondary N) is 2. The number of esters is 1. The molecular weight excluding hydrogens is 494 g/mol. The predicted molar refractivity (Wildman–Crippen MR) is 130 cm³/mol. The molecule has 0 atom stereocenters. The van der Waals surface area contributed by atoms with Crippen LogP contribution in [0.1, 0.15) is 40.7 Å². The third-order valence-corrected chi connectivity index (χ3v) is 7.19. The van der Waals surface area contributed by atoms with Gasteiger partial charge in [0.05, 0.1) is 13.7 Å². The SMILES string of the molecule is COC(=O)c1c(OCc2cc3c(cc2F)CCO3)nsc1NC(=O)NCCC1CCN(CCF)CC1. The third kappa shape index (κ3) is 6.41. The van der Waals surface area contributed by atoms with E-state index in [0.717, 1.165) is 49.4 Å². The molecule has 0 unspecified atom stereocenters. The number of rotatable bonds is 10. The van der Waals surface area contributed by atoms with E-state index in [1.54, 1.807) is 6.07 Å². The van der Waals surface area contributed by atoms with Gasteiger partial charge in [-0.15, -0.1) is 0 Å². The van der Waals surface area contributed by atoms with E-state index in [4.69, 9.17) is 14.2 Å². The summed E-state index contributed by atoms with van der Waals surface area (Å²) in [7, 11) is 1.21. The van der Waals surface area contributed by atoms with E-state index in [1.165, 1.54) is 13.2 Å². The fraction of sp³-hybridized carbons (Fsp3) is 0.542. The van der Waals surface area contributed by atoms with Crippen LogP contribution in [0.25, 0.3) is 0 Å². The van der Waals surface area contributed by atoms with Crippen LogP contribution >= 0.6 is 11.5 Å². The molecule has 196 valence electrons. The van der Waals surface area contributed by atoms with Crippen molar-refractivity contribution in [2.24, 2.45) is 5.92 Å². The quantitative estimate of drug-likeness (QED) is 0.456. The highest BCUT2D eigenvalue weighted by molar-refractivity contribution is 7.11. The summed E-state index contributed by atoms with van der Waals surface area (Å²) in [6, 6.07) is 2.53. The molecule has 1 aromatic heterocycles. The largest absolute Gasteiger partial charge is 0.493 e. The molecule has 0 aliphatic carbocycles. The maximum atomic E-state index is 14.4. The molecule has 1 aromatic carbocycles. The maximum Gasteiger partial charge on any atom is 0.346 e. The molecule has 0 radical (unpaired) electrons. The number of carbonyl (C=O) groups is 2. The van der Waals surface area contributed by atoms with Crippen LogP contribution in [-0.4, -0.2) is 67.8 Å². The minimum Gasteiger partial charge on any atom is -0.493 e. The lowest BCUT2D eigenvalue weighted by Gasteiger charge is -2.31. The van der Waals surface area contributed by atoms with Crippen molar-refractivity contribution in [3.8, 4) is 11.6 Å². The second-order valence-corrected chi connectivity index (χ2v) is 9.54. The Morgan fingerprint density at radius 2 is 2.11 bits per heavy atom. The van der Waals surface area contributed by atoms with E-state index >= 15 is 0 Å². The number of amides is 2. The molecule has 2 aromatic rings. The van der Waals surface area contributed by atoms with Gasteiger partial charge in [-0.05, 0) is 61.9 Å². The first-order chi connectivity index (χ1) is 17.5. The van der Waals surface area contributed by atoms with Crippen LogP contribution in [0.3, 0.4) is 0 Å². The molecular formula is C24H30F2N4O5S. The van der Waals surface area contributed by atoms with Crippen LogP contribution in [0.2, 0.25) is 0 Å². The first-order valence-electron chi connectivity index (χ1n) is 12.0. The number of likely N-dealkylation sites (tertiary alicyclic amines) is 1. The third-order valence-electron chi connectivity index (χ3n) is 6.45. The second kappa shape index (κ2) is 12.3. The van der Waals surface area contributed by atoms with Crippen molar-refractivity contribution in [1.82, 2.24) is 14.6 Å². The minimum absolute atomic E-state index is 0.0318. The molecule has 1 saturated heterocycles. The predicted octanol–water partition coefficient (Wildman–Crippen LogP) is 3.78. The standard InChI is InChI=1S/C24H30F2N4O5S/c1-33-23(31)20-21(35-14-17-13-19-16(5-11-34-19)12-18(17)26)29-36-22(20)28-24(32)27-7-2-15-3-8-30(9-4-15)10-6-25/h12-13,15H,2-11,14H2,1H3,(H2,27,28,32). The number of benzene rings is 1. The Bertz CT molecular complexity index is 1080. The number of carbonyl (C=O) groups excluding carboxylic acids is 2. The molecule has 12 heteroatoms. The van der Waals surface area contributed by atoms with Crippen molar-refractivity contribution in [1.29, 1.82) is 0 Å². The van der Waals surface area contributed by atoms with Crippen LogP contribution < -0.4 is 20.1 Å². The lowest BCUT2D eigenvalue weighted by molar-refractivity contribution is 0.0596. The maximum absolute atomic E-state index is 14.4. The number of piperidine rings is 1. The van der Waals surface area contributed by atoms with Crippen molar-refractivity contribution in [3.63, 3.8) is 0 Å². The number of alkyl halides is 1. The number of methoxy groups -OCH3 is 1. The van der Waals surface area contributed by atoms with Gasteiger partial charge in [0, 0.05) is 30.6 Å². The molecule has 0 spiro atoms. The van der Waals surface area contributed by atoms with Crippen molar-refractivity contribution >= 4 is 28.5 Å². The number of fused-ring (bicyclic) bond motifs is 1. The van der Waals surface area contributed by atoms with Gasteiger partial charge in [-0.25, -0.2) is 18.4 Å². The van der Waals surface area contributed by atoms with Crippen LogP contribution in [0.4, 0.5) is 18.6 Å². The zero-order valence-electron chi connectivity index (χ0n) is 20.1. The molecule has 9 nitrogen and oxygen atoms in total. The Kier molecular flexibility index (Phi) is 8.92. The smallest absolute Gasteiger partial charge is 0.346 e. The van der Waals surface area contributed by atoms with Gasteiger partial charge in [-0.1, -0.05) is 0 Å². The van der Waals surface area contributed by atoms with Gasteiger partial charge in [0.1, 0.15) is 29.8 Å². The highest BCUT2D eigenvalue weighted by Crippen LogP contribution is 2.33. The van der Waals surface area contributed by atoms with Gasteiger partial charge in [0.15, 0.2) is 5.56 Å². The number of nitrogens with zero attached hydrogens (tertiary/aromatic N) is 2. The molecule has 2 N–H and O–H groups in total. The van der Waals surface area contributed by atoms with Gasteiger partial charge in [0.25, 0.3) is 0 Å². The zero-order valence-corrected chi connectivity index (χ0v) is 20.9. The summed E-state index contributed by atoms with van der Waals surface area (Å²) in [6.45, 7) is 2.69. The molecule has 2 amide bonds. The van der Waals surface area contributed by atoms with E-state index < -0.39 is 17.8 Å². The monoisotopic (exact) mass is 524 g/mol. The van der Waals surface area contributed by atoms with Crippen molar-refractivity contribution < 1.29 is 32.6 Å². The van der Waals surface area contributed by atoms with Crippen LogP contribution in [0.5, 0.6) is 11.6 Å². The van der Waals surface area contributed by atoms with E-state index in [-0.39, 0.29) is 35.3 Å². The number of halogens is 2. The number of urea groups is 1. The fourth-order valence-corrected chi connectivity index (χ4v) is 5.11. The van der Waals surface area contributed by atoms with Gasteiger partial charge in [-0.2, -0.15) is 4.37 Å². The molecule has 3 heterocycles.